The van der Waals surface area contributed by atoms with Crippen LogP contribution in [0.3, 0.4) is 0 Å². The summed E-state index contributed by atoms with van der Waals surface area (Å²) in [6, 6.07) is 19.6. The van der Waals surface area contributed by atoms with Crippen molar-refractivity contribution in [2.45, 2.75) is 6.61 Å². The Kier molecular flexibility index (Phi) is 7.21. The summed E-state index contributed by atoms with van der Waals surface area (Å²) in [6.07, 6.45) is 1.37. The van der Waals surface area contributed by atoms with Crippen LogP contribution in [0, 0.1) is 21.4 Å². The molecule has 9 heteroatoms. The first kappa shape index (κ1) is 22.5. The Morgan fingerprint density at radius 1 is 1.19 bits per heavy atom. The summed E-state index contributed by atoms with van der Waals surface area (Å²) in [5.74, 6) is -0.781. The van der Waals surface area contributed by atoms with E-state index in [-0.39, 0.29) is 16.9 Å². The molecule has 160 valence electrons. The number of nitrogens with one attached hydrogen (secondary N) is 1. The van der Waals surface area contributed by atoms with E-state index in [1.54, 1.807) is 24.3 Å². The number of anilines is 1. The molecule has 32 heavy (non-hydrogen) atoms. The van der Waals surface area contributed by atoms with Gasteiger partial charge >= 0.3 is 0 Å². The van der Waals surface area contributed by atoms with Gasteiger partial charge < -0.3 is 15.2 Å². The van der Waals surface area contributed by atoms with Gasteiger partial charge in [0.1, 0.15) is 29.7 Å². The number of nitrogens with zero attached hydrogens (tertiary/aromatic N) is 2. The number of hydrogen-bond acceptors (Lipinski definition) is 6. The van der Waals surface area contributed by atoms with Crippen molar-refractivity contribution in [2.24, 2.45) is 0 Å². The Balaban J connectivity index is 1.78. The van der Waals surface area contributed by atoms with Crippen LogP contribution in [0.2, 0.25) is 0 Å². The SMILES string of the molecule is N#C/C(=C\c1ccccc1OCc1ccc(Br)cc1)C(=O)Nc1ccc([N+](=O)[O-])cc1O. The summed E-state index contributed by atoms with van der Waals surface area (Å²) in [7, 11) is 0. The van der Waals surface area contributed by atoms with Crippen molar-refractivity contribution in [1.29, 1.82) is 5.26 Å². The predicted molar refractivity (Wildman–Crippen MR) is 122 cm³/mol. The number of rotatable bonds is 7. The molecule has 0 atom stereocenters. The normalized spacial score (nSPS) is 10.8. The molecule has 0 heterocycles. The molecule has 0 aliphatic heterocycles. The lowest BCUT2D eigenvalue weighted by molar-refractivity contribution is -0.384. The molecule has 0 saturated carbocycles. The van der Waals surface area contributed by atoms with E-state index in [1.807, 2.05) is 30.3 Å². The highest BCUT2D eigenvalue weighted by Crippen LogP contribution is 2.29. The number of phenolic OH excluding ortho intramolecular Hbond substituents is 1. The van der Waals surface area contributed by atoms with Crippen LogP contribution in [0.15, 0.2) is 76.8 Å². The number of carbonyl (C=O) groups excluding carboxylic acids is 1. The molecule has 3 aromatic rings. The fourth-order valence-corrected chi connectivity index (χ4v) is 2.97. The molecule has 0 aliphatic rings. The van der Waals surface area contributed by atoms with E-state index in [0.717, 1.165) is 22.2 Å². The molecule has 0 bridgehead atoms. The molecule has 2 N–H and O–H groups in total. The van der Waals surface area contributed by atoms with Crippen LogP contribution < -0.4 is 10.1 Å². The number of ether oxygens (including phenoxy) is 1. The van der Waals surface area contributed by atoms with Crippen LogP contribution in [-0.4, -0.2) is 15.9 Å². The molecule has 3 rings (SSSR count). The number of para-hydroxylation sites is 1. The van der Waals surface area contributed by atoms with Gasteiger partial charge in [-0.3, -0.25) is 14.9 Å². The maximum absolute atomic E-state index is 12.5. The van der Waals surface area contributed by atoms with Crippen LogP contribution in [0.1, 0.15) is 11.1 Å². The van der Waals surface area contributed by atoms with E-state index >= 15 is 0 Å². The predicted octanol–water partition coefficient (Wildman–Crippen LogP) is 5.19. The summed E-state index contributed by atoms with van der Waals surface area (Å²) >= 11 is 3.38. The maximum Gasteiger partial charge on any atom is 0.273 e. The summed E-state index contributed by atoms with van der Waals surface area (Å²) in [6.45, 7) is 0.295. The van der Waals surface area contributed by atoms with Crippen LogP contribution in [0.4, 0.5) is 11.4 Å². The van der Waals surface area contributed by atoms with Gasteiger partial charge in [-0.25, -0.2) is 0 Å². The zero-order valence-corrected chi connectivity index (χ0v) is 18.1. The monoisotopic (exact) mass is 493 g/mol. The lowest BCUT2D eigenvalue weighted by Gasteiger charge is -2.10. The van der Waals surface area contributed by atoms with Gasteiger partial charge in [0.05, 0.1) is 16.7 Å². The molecule has 0 radical (unpaired) electrons. The van der Waals surface area contributed by atoms with Gasteiger partial charge in [-0.1, -0.05) is 46.3 Å². The third-order valence-corrected chi connectivity index (χ3v) is 4.86. The van der Waals surface area contributed by atoms with Crippen molar-refractivity contribution < 1.29 is 19.6 Å². The number of nitro benzene ring substituents is 1. The molecule has 8 nitrogen and oxygen atoms in total. The number of non-ortho nitro benzene ring substituents is 1. The largest absolute Gasteiger partial charge is 0.506 e. The van der Waals surface area contributed by atoms with Gasteiger partial charge in [0.15, 0.2) is 0 Å². The number of hydrogen-bond donors (Lipinski definition) is 2. The highest BCUT2D eigenvalue weighted by Gasteiger charge is 2.15. The highest BCUT2D eigenvalue weighted by atomic mass is 79.9. The van der Waals surface area contributed by atoms with Gasteiger partial charge in [-0.05, 0) is 35.9 Å². The number of halogens is 1. The van der Waals surface area contributed by atoms with Crippen molar-refractivity contribution in [3.8, 4) is 17.6 Å². The summed E-state index contributed by atoms with van der Waals surface area (Å²) in [5.41, 5.74) is 0.848. The van der Waals surface area contributed by atoms with Crippen molar-refractivity contribution in [2.75, 3.05) is 5.32 Å². The van der Waals surface area contributed by atoms with Gasteiger partial charge in [-0.2, -0.15) is 5.26 Å². The zero-order valence-electron chi connectivity index (χ0n) is 16.5. The molecule has 0 aliphatic carbocycles. The Morgan fingerprint density at radius 3 is 2.56 bits per heavy atom. The Labute approximate surface area is 191 Å². The van der Waals surface area contributed by atoms with Gasteiger partial charge in [0.2, 0.25) is 0 Å². The van der Waals surface area contributed by atoms with Crippen molar-refractivity contribution >= 4 is 39.3 Å². The second-order valence-corrected chi connectivity index (χ2v) is 7.45. The topological polar surface area (TPSA) is 125 Å². The lowest BCUT2D eigenvalue weighted by Crippen LogP contribution is -2.13. The van der Waals surface area contributed by atoms with Gasteiger partial charge in [-0.15, -0.1) is 0 Å². The minimum atomic E-state index is -0.778. The first-order valence-corrected chi connectivity index (χ1v) is 10.0. The molecular weight excluding hydrogens is 478 g/mol. The molecule has 1 amide bonds. The highest BCUT2D eigenvalue weighted by molar-refractivity contribution is 9.10. The Hall–Kier alpha value is -4.16. The smallest absolute Gasteiger partial charge is 0.273 e. The van der Waals surface area contributed by atoms with Crippen molar-refractivity contribution in [1.82, 2.24) is 0 Å². The van der Waals surface area contributed by atoms with Crippen LogP contribution in [-0.2, 0) is 11.4 Å². The number of carbonyl (C=O) groups is 1. The van der Waals surface area contributed by atoms with Crippen LogP contribution in [0.25, 0.3) is 6.08 Å². The van der Waals surface area contributed by atoms with E-state index in [1.165, 1.54) is 12.1 Å². The average Bonchev–Trinajstić information content (AvgIpc) is 2.78. The zero-order chi connectivity index (χ0) is 23.1. The summed E-state index contributed by atoms with van der Waals surface area (Å²) in [5, 5.41) is 32.6. The molecule has 0 unspecified atom stereocenters. The summed E-state index contributed by atoms with van der Waals surface area (Å²) < 4.78 is 6.81. The molecule has 3 aromatic carbocycles. The first-order chi connectivity index (χ1) is 15.4. The minimum absolute atomic E-state index is 0.0541. The van der Waals surface area contributed by atoms with Crippen molar-refractivity contribution in [3.63, 3.8) is 0 Å². The standard InChI is InChI=1S/C23H16BrN3O5/c24-18-7-5-15(6-8-18)14-32-22-4-2-1-3-16(22)11-17(13-25)23(29)26-20-10-9-19(27(30)31)12-21(20)28/h1-12,28H,14H2,(H,26,29)/b17-11+. The number of benzene rings is 3. The molecule has 0 aromatic heterocycles. The minimum Gasteiger partial charge on any atom is -0.506 e. The van der Waals surface area contributed by atoms with E-state index in [4.69, 9.17) is 4.74 Å². The van der Waals surface area contributed by atoms with Crippen LogP contribution in [0.5, 0.6) is 11.5 Å². The second kappa shape index (κ2) is 10.2. The number of nitriles is 1. The number of aromatic hydroxyl groups is 1. The van der Waals surface area contributed by atoms with Crippen molar-refractivity contribution in [3.05, 3.63) is 98.0 Å². The van der Waals surface area contributed by atoms with E-state index in [2.05, 4.69) is 21.2 Å². The fraction of sp³-hybridized carbons (Fsp3) is 0.0435. The summed E-state index contributed by atoms with van der Waals surface area (Å²) in [4.78, 5) is 22.7. The first-order valence-electron chi connectivity index (χ1n) is 9.24. The number of phenols is 1. The third kappa shape index (κ3) is 5.71. The maximum atomic E-state index is 12.5. The molecular formula is C23H16BrN3O5. The molecule has 0 fully saturated rings. The fourth-order valence-electron chi connectivity index (χ4n) is 2.71. The lowest BCUT2D eigenvalue weighted by atomic mass is 10.1. The molecule has 0 saturated heterocycles. The third-order valence-electron chi connectivity index (χ3n) is 4.33. The quantitative estimate of drug-likeness (QED) is 0.153. The van der Waals surface area contributed by atoms with E-state index < -0.39 is 16.6 Å². The average molecular weight is 494 g/mol. The van der Waals surface area contributed by atoms with Gasteiger partial charge in [0, 0.05) is 16.1 Å². The van der Waals surface area contributed by atoms with E-state index in [9.17, 15) is 25.3 Å². The Bertz CT molecular complexity index is 1230. The van der Waals surface area contributed by atoms with E-state index in [0.29, 0.717) is 17.9 Å². The van der Waals surface area contributed by atoms with Gasteiger partial charge in [0.25, 0.3) is 11.6 Å². The van der Waals surface area contributed by atoms with Crippen LogP contribution >= 0.6 is 15.9 Å². The second-order valence-electron chi connectivity index (χ2n) is 6.54. The number of amides is 1. The number of nitro groups is 1. The Morgan fingerprint density at radius 2 is 1.91 bits per heavy atom. The molecule has 0 spiro atoms.